The van der Waals surface area contributed by atoms with E-state index < -0.39 is 0 Å². The Balaban J connectivity index is 2.75. The number of nitrogens with zero attached hydrogens (tertiary/aromatic N) is 1. The first-order chi connectivity index (χ1) is 11.5. The average molecular weight is 337 g/mol. The lowest BCUT2D eigenvalue weighted by Gasteiger charge is -2.22. The summed E-state index contributed by atoms with van der Waals surface area (Å²) in [6.07, 6.45) is 0.957. The van der Waals surface area contributed by atoms with E-state index >= 15 is 0 Å². The molecule has 0 aromatic heterocycles. The fraction of sp³-hybridized carbons (Fsp3) is 0.556. The molecule has 0 atom stereocenters. The SMILES string of the molecule is COCCCN(CCC(=O)OC)C(=O)c1ccc(OC(C)C)cc1. The van der Waals surface area contributed by atoms with Gasteiger partial charge in [0.25, 0.3) is 5.91 Å². The van der Waals surface area contributed by atoms with Crippen LogP contribution < -0.4 is 4.74 Å². The molecule has 0 N–H and O–H groups in total. The van der Waals surface area contributed by atoms with E-state index in [1.807, 2.05) is 13.8 Å². The van der Waals surface area contributed by atoms with E-state index in [2.05, 4.69) is 4.74 Å². The van der Waals surface area contributed by atoms with Crippen LogP contribution in [0.25, 0.3) is 0 Å². The standard InChI is InChI=1S/C18H27NO5/c1-14(2)24-16-8-6-15(7-9-16)18(21)19(11-5-13-22-3)12-10-17(20)23-4/h6-9,14H,5,10-13H2,1-4H3. The predicted octanol–water partition coefficient (Wildman–Crippen LogP) is 2.52. The molecule has 1 aromatic rings. The van der Waals surface area contributed by atoms with Crippen molar-refractivity contribution in [3.05, 3.63) is 29.8 Å². The van der Waals surface area contributed by atoms with Crippen LogP contribution in [0.15, 0.2) is 24.3 Å². The van der Waals surface area contributed by atoms with E-state index in [0.717, 1.165) is 5.75 Å². The minimum atomic E-state index is -0.333. The number of benzene rings is 1. The Kier molecular flexibility index (Phi) is 8.86. The highest BCUT2D eigenvalue weighted by atomic mass is 16.5. The molecule has 1 aromatic carbocycles. The summed E-state index contributed by atoms with van der Waals surface area (Å²) in [6, 6.07) is 7.03. The van der Waals surface area contributed by atoms with Crippen LogP contribution in [-0.2, 0) is 14.3 Å². The van der Waals surface area contributed by atoms with Crippen molar-refractivity contribution in [3.63, 3.8) is 0 Å². The first-order valence-corrected chi connectivity index (χ1v) is 8.09. The van der Waals surface area contributed by atoms with Gasteiger partial charge in [0.1, 0.15) is 5.75 Å². The summed E-state index contributed by atoms with van der Waals surface area (Å²) >= 11 is 0. The van der Waals surface area contributed by atoms with Crippen LogP contribution in [0.2, 0.25) is 0 Å². The van der Waals surface area contributed by atoms with Gasteiger partial charge < -0.3 is 19.1 Å². The summed E-state index contributed by atoms with van der Waals surface area (Å²) in [6.45, 7) is 5.30. The van der Waals surface area contributed by atoms with Gasteiger partial charge in [-0.3, -0.25) is 9.59 Å². The highest BCUT2D eigenvalue weighted by molar-refractivity contribution is 5.94. The second kappa shape index (κ2) is 10.6. The molecule has 0 spiro atoms. The van der Waals surface area contributed by atoms with Crippen molar-refractivity contribution in [2.45, 2.75) is 32.8 Å². The summed E-state index contributed by atoms with van der Waals surface area (Å²) in [5.41, 5.74) is 0.563. The third-order valence-corrected chi connectivity index (χ3v) is 3.35. The molecule has 1 rings (SSSR count). The number of rotatable bonds is 10. The van der Waals surface area contributed by atoms with Gasteiger partial charge in [0, 0.05) is 32.4 Å². The fourth-order valence-electron chi connectivity index (χ4n) is 2.17. The number of carbonyl (C=O) groups is 2. The van der Waals surface area contributed by atoms with E-state index in [1.165, 1.54) is 7.11 Å². The smallest absolute Gasteiger partial charge is 0.307 e. The number of ether oxygens (including phenoxy) is 3. The molecule has 0 aliphatic rings. The van der Waals surface area contributed by atoms with Crippen LogP contribution in [0.4, 0.5) is 0 Å². The maximum absolute atomic E-state index is 12.7. The molecule has 0 aliphatic carbocycles. The number of carbonyl (C=O) groups excluding carboxylic acids is 2. The van der Waals surface area contributed by atoms with Crippen LogP contribution in [0.3, 0.4) is 0 Å². The highest BCUT2D eigenvalue weighted by Crippen LogP contribution is 2.15. The fourth-order valence-corrected chi connectivity index (χ4v) is 2.17. The minimum Gasteiger partial charge on any atom is -0.491 e. The number of esters is 1. The van der Waals surface area contributed by atoms with Crippen LogP contribution in [0, 0.1) is 0 Å². The zero-order valence-corrected chi connectivity index (χ0v) is 14.9. The lowest BCUT2D eigenvalue weighted by Crippen LogP contribution is -2.34. The van der Waals surface area contributed by atoms with Gasteiger partial charge in [0.2, 0.25) is 0 Å². The van der Waals surface area contributed by atoms with E-state index in [0.29, 0.717) is 31.7 Å². The number of hydrogen-bond donors (Lipinski definition) is 0. The Morgan fingerprint density at radius 2 is 1.75 bits per heavy atom. The van der Waals surface area contributed by atoms with Crippen molar-refractivity contribution < 1.29 is 23.8 Å². The van der Waals surface area contributed by atoms with Crippen molar-refractivity contribution in [1.82, 2.24) is 4.90 Å². The quantitative estimate of drug-likeness (QED) is 0.485. The summed E-state index contributed by atoms with van der Waals surface area (Å²) in [5.74, 6) is 0.272. The van der Waals surface area contributed by atoms with Gasteiger partial charge in [-0.25, -0.2) is 0 Å². The van der Waals surface area contributed by atoms with E-state index in [4.69, 9.17) is 9.47 Å². The Bertz CT molecular complexity index is 513. The molecule has 0 heterocycles. The molecule has 6 heteroatoms. The monoisotopic (exact) mass is 337 g/mol. The normalized spacial score (nSPS) is 10.5. The van der Waals surface area contributed by atoms with Gasteiger partial charge in [0.05, 0.1) is 19.6 Å². The Labute approximate surface area is 143 Å². The van der Waals surface area contributed by atoms with E-state index in [9.17, 15) is 9.59 Å². The summed E-state index contributed by atoms with van der Waals surface area (Å²) < 4.78 is 15.3. The van der Waals surface area contributed by atoms with Crippen LogP contribution >= 0.6 is 0 Å². The van der Waals surface area contributed by atoms with Gasteiger partial charge in [0.15, 0.2) is 0 Å². The van der Waals surface area contributed by atoms with Crippen LogP contribution in [0.1, 0.15) is 37.0 Å². The third-order valence-electron chi connectivity index (χ3n) is 3.35. The van der Waals surface area contributed by atoms with Crippen molar-refractivity contribution in [3.8, 4) is 5.75 Å². The topological polar surface area (TPSA) is 65.1 Å². The molecular formula is C18H27NO5. The molecule has 0 saturated heterocycles. The van der Waals surface area contributed by atoms with Gasteiger partial charge >= 0.3 is 5.97 Å². The van der Waals surface area contributed by atoms with Gasteiger partial charge in [-0.1, -0.05) is 0 Å². The van der Waals surface area contributed by atoms with Crippen molar-refractivity contribution in [2.24, 2.45) is 0 Å². The zero-order valence-electron chi connectivity index (χ0n) is 14.9. The second-order valence-corrected chi connectivity index (χ2v) is 5.66. The predicted molar refractivity (Wildman–Crippen MR) is 91.2 cm³/mol. The first-order valence-electron chi connectivity index (χ1n) is 8.09. The third kappa shape index (κ3) is 7.00. The van der Waals surface area contributed by atoms with Crippen molar-refractivity contribution in [1.29, 1.82) is 0 Å². The maximum Gasteiger partial charge on any atom is 0.307 e. The van der Waals surface area contributed by atoms with E-state index in [1.54, 1.807) is 36.3 Å². The van der Waals surface area contributed by atoms with Crippen LogP contribution in [-0.4, -0.2) is 56.8 Å². The Hall–Kier alpha value is -2.08. The molecule has 24 heavy (non-hydrogen) atoms. The molecule has 134 valence electrons. The summed E-state index contributed by atoms with van der Waals surface area (Å²) in [4.78, 5) is 25.7. The number of methoxy groups -OCH3 is 2. The molecule has 0 radical (unpaired) electrons. The molecular weight excluding hydrogens is 310 g/mol. The van der Waals surface area contributed by atoms with Gasteiger partial charge in [-0.15, -0.1) is 0 Å². The van der Waals surface area contributed by atoms with Crippen molar-refractivity contribution in [2.75, 3.05) is 33.9 Å². The first kappa shape index (κ1) is 20.0. The minimum absolute atomic E-state index is 0.0807. The molecule has 0 unspecified atom stereocenters. The molecule has 0 bridgehead atoms. The molecule has 1 amide bonds. The molecule has 0 aliphatic heterocycles. The molecule has 0 saturated carbocycles. The largest absolute Gasteiger partial charge is 0.491 e. The summed E-state index contributed by atoms with van der Waals surface area (Å²) in [5, 5.41) is 0. The number of hydrogen-bond acceptors (Lipinski definition) is 5. The van der Waals surface area contributed by atoms with Gasteiger partial charge in [-0.2, -0.15) is 0 Å². The van der Waals surface area contributed by atoms with E-state index in [-0.39, 0.29) is 24.4 Å². The van der Waals surface area contributed by atoms with Gasteiger partial charge in [-0.05, 0) is 44.5 Å². The Morgan fingerprint density at radius 3 is 2.29 bits per heavy atom. The maximum atomic E-state index is 12.7. The average Bonchev–Trinajstić information content (AvgIpc) is 2.57. The lowest BCUT2D eigenvalue weighted by atomic mass is 10.1. The second-order valence-electron chi connectivity index (χ2n) is 5.66. The highest BCUT2D eigenvalue weighted by Gasteiger charge is 2.17. The van der Waals surface area contributed by atoms with Crippen LogP contribution in [0.5, 0.6) is 5.75 Å². The van der Waals surface area contributed by atoms with Crippen molar-refractivity contribution >= 4 is 11.9 Å². The summed E-state index contributed by atoms with van der Waals surface area (Å²) in [7, 11) is 2.96. The zero-order chi connectivity index (χ0) is 17.9. The molecule has 0 fully saturated rings. The lowest BCUT2D eigenvalue weighted by molar-refractivity contribution is -0.140. The molecule has 6 nitrogen and oxygen atoms in total. The number of amides is 1. The Morgan fingerprint density at radius 1 is 1.08 bits per heavy atom.